The average molecular weight is 278 g/mol. The van der Waals surface area contributed by atoms with Crippen molar-refractivity contribution >= 4 is 5.84 Å². The first-order valence-corrected chi connectivity index (χ1v) is 7.29. The normalized spacial score (nSPS) is 13.7. The zero-order valence-electron chi connectivity index (χ0n) is 12.7. The first-order valence-electron chi connectivity index (χ1n) is 7.29. The summed E-state index contributed by atoms with van der Waals surface area (Å²) in [5.74, 6) is 0.0514. The fraction of sp³-hybridized carbons (Fsp3) is 0.600. The third-order valence-electron chi connectivity index (χ3n) is 3.59. The van der Waals surface area contributed by atoms with Crippen LogP contribution < -0.4 is 5.73 Å². The molecule has 0 saturated carbocycles. The van der Waals surface area contributed by atoms with E-state index >= 15 is 0 Å². The number of rotatable bonds is 8. The number of nitrogens with two attached hydrogens (primary N) is 1. The van der Waals surface area contributed by atoms with Gasteiger partial charge in [0.05, 0.1) is 0 Å². The highest BCUT2D eigenvalue weighted by molar-refractivity contribution is 5.95. The van der Waals surface area contributed by atoms with Gasteiger partial charge in [0.25, 0.3) is 0 Å². The number of aromatic nitrogens is 1. The van der Waals surface area contributed by atoms with Crippen molar-refractivity contribution in [3.8, 4) is 0 Å². The Balaban J connectivity index is 2.82. The van der Waals surface area contributed by atoms with E-state index in [0.29, 0.717) is 11.7 Å². The van der Waals surface area contributed by atoms with Crippen LogP contribution in [0.25, 0.3) is 0 Å². The first kappa shape index (κ1) is 16.4. The van der Waals surface area contributed by atoms with E-state index in [2.05, 4.69) is 35.8 Å². The molecule has 5 heteroatoms. The molecule has 0 aromatic carbocycles. The zero-order chi connectivity index (χ0) is 15.0. The van der Waals surface area contributed by atoms with Gasteiger partial charge in [-0.2, -0.15) is 0 Å². The van der Waals surface area contributed by atoms with Crippen molar-refractivity contribution in [3.05, 3.63) is 29.6 Å². The second-order valence-electron chi connectivity index (χ2n) is 5.12. The van der Waals surface area contributed by atoms with Crippen molar-refractivity contribution < 1.29 is 5.21 Å². The van der Waals surface area contributed by atoms with Gasteiger partial charge in [0.15, 0.2) is 5.84 Å². The summed E-state index contributed by atoms with van der Waals surface area (Å²) < 4.78 is 0. The number of hydrogen-bond acceptors (Lipinski definition) is 4. The van der Waals surface area contributed by atoms with Gasteiger partial charge in [-0.3, -0.25) is 9.88 Å². The van der Waals surface area contributed by atoms with Crippen LogP contribution in [0.4, 0.5) is 0 Å². The largest absolute Gasteiger partial charge is 0.409 e. The van der Waals surface area contributed by atoms with E-state index in [1.54, 1.807) is 6.20 Å². The first-order chi connectivity index (χ1) is 9.62. The minimum Gasteiger partial charge on any atom is -0.409 e. The molecule has 5 nitrogen and oxygen atoms in total. The van der Waals surface area contributed by atoms with Crippen LogP contribution >= 0.6 is 0 Å². The molecule has 1 unspecified atom stereocenters. The van der Waals surface area contributed by atoms with Crippen LogP contribution in [0, 0.1) is 0 Å². The van der Waals surface area contributed by atoms with Gasteiger partial charge in [-0.05, 0) is 44.0 Å². The minimum absolute atomic E-state index is 0.0514. The van der Waals surface area contributed by atoms with Gasteiger partial charge < -0.3 is 10.9 Å². The Bertz CT molecular complexity index is 434. The van der Waals surface area contributed by atoms with E-state index in [0.717, 1.165) is 25.1 Å². The Morgan fingerprint density at radius 1 is 1.50 bits per heavy atom. The molecule has 1 atom stereocenters. The summed E-state index contributed by atoms with van der Waals surface area (Å²) in [7, 11) is 0. The van der Waals surface area contributed by atoms with E-state index in [1.807, 2.05) is 12.1 Å². The quantitative estimate of drug-likeness (QED) is 0.332. The molecule has 1 aromatic heterocycles. The van der Waals surface area contributed by atoms with Gasteiger partial charge in [-0.1, -0.05) is 25.4 Å². The van der Waals surface area contributed by atoms with Crippen LogP contribution in [0.5, 0.6) is 0 Å². The van der Waals surface area contributed by atoms with Crippen LogP contribution in [-0.2, 0) is 6.54 Å². The monoisotopic (exact) mass is 278 g/mol. The van der Waals surface area contributed by atoms with E-state index in [-0.39, 0.29) is 5.84 Å². The van der Waals surface area contributed by atoms with Gasteiger partial charge in [0, 0.05) is 18.8 Å². The number of amidine groups is 1. The van der Waals surface area contributed by atoms with Crippen molar-refractivity contribution in [1.82, 2.24) is 9.88 Å². The summed E-state index contributed by atoms with van der Waals surface area (Å²) in [6.07, 6.45) is 5.22. The fourth-order valence-corrected chi connectivity index (χ4v) is 2.07. The number of nitrogens with zero attached hydrogens (tertiary/aromatic N) is 3. The lowest BCUT2D eigenvalue weighted by atomic mass is 10.1. The Morgan fingerprint density at radius 3 is 2.85 bits per heavy atom. The van der Waals surface area contributed by atoms with Crippen LogP contribution in [0.15, 0.2) is 23.5 Å². The number of pyridine rings is 1. The predicted molar refractivity (Wildman–Crippen MR) is 81.8 cm³/mol. The lowest BCUT2D eigenvalue weighted by molar-refractivity contribution is 0.192. The number of unbranched alkanes of at least 4 members (excludes halogenated alkanes) is 1. The lowest BCUT2D eigenvalue weighted by Crippen LogP contribution is -2.33. The highest BCUT2D eigenvalue weighted by Gasteiger charge is 2.13. The fourth-order valence-electron chi connectivity index (χ4n) is 2.07. The van der Waals surface area contributed by atoms with Crippen molar-refractivity contribution in [3.63, 3.8) is 0 Å². The molecule has 0 fully saturated rings. The highest BCUT2D eigenvalue weighted by Crippen LogP contribution is 2.12. The predicted octanol–water partition coefficient (Wildman–Crippen LogP) is 2.58. The average Bonchev–Trinajstić information content (AvgIpc) is 2.50. The van der Waals surface area contributed by atoms with E-state index in [9.17, 15) is 0 Å². The zero-order valence-corrected chi connectivity index (χ0v) is 12.7. The Labute approximate surface area is 121 Å². The van der Waals surface area contributed by atoms with Crippen molar-refractivity contribution in [2.45, 2.75) is 52.6 Å². The molecule has 1 heterocycles. The molecule has 0 aliphatic heterocycles. The van der Waals surface area contributed by atoms with Crippen LogP contribution in [0.1, 0.15) is 51.3 Å². The maximum Gasteiger partial charge on any atom is 0.188 e. The second-order valence-corrected chi connectivity index (χ2v) is 5.12. The third-order valence-corrected chi connectivity index (χ3v) is 3.59. The Hall–Kier alpha value is -1.62. The second kappa shape index (κ2) is 8.53. The van der Waals surface area contributed by atoms with Crippen molar-refractivity contribution in [2.75, 3.05) is 6.54 Å². The SMILES string of the molecule is CCCCN(Cc1ccnc(C(N)=NO)c1)C(C)CC. The topological polar surface area (TPSA) is 74.7 Å². The molecule has 1 aromatic rings. The summed E-state index contributed by atoms with van der Waals surface area (Å²) in [5.41, 5.74) is 7.24. The maximum atomic E-state index is 8.72. The van der Waals surface area contributed by atoms with E-state index < -0.39 is 0 Å². The Morgan fingerprint density at radius 2 is 2.25 bits per heavy atom. The molecule has 1 rings (SSSR count). The van der Waals surface area contributed by atoms with Gasteiger partial charge in [0.1, 0.15) is 5.69 Å². The molecule has 0 bridgehead atoms. The molecule has 112 valence electrons. The van der Waals surface area contributed by atoms with Crippen LogP contribution in [0.2, 0.25) is 0 Å². The molecule has 0 saturated heterocycles. The molecular weight excluding hydrogens is 252 g/mol. The summed E-state index contributed by atoms with van der Waals surface area (Å²) in [6, 6.07) is 4.41. The molecule has 20 heavy (non-hydrogen) atoms. The van der Waals surface area contributed by atoms with Crippen molar-refractivity contribution in [1.29, 1.82) is 0 Å². The minimum atomic E-state index is 0.0514. The molecule has 3 N–H and O–H groups in total. The van der Waals surface area contributed by atoms with Crippen LogP contribution in [0.3, 0.4) is 0 Å². The summed E-state index contributed by atoms with van der Waals surface area (Å²) in [5, 5.41) is 11.7. The number of hydrogen-bond donors (Lipinski definition) is 2. The smallest absolute Gasteiger partial charge is 0.188 e. The highest BCUT2D eigenvalue weighted by atomic mass is 16.4. The van der Waals surface area contributed by atoms with Crippen molar-refractivity contribution in [2.24, 2.45) is 10.9 Å². The molecular formula is C15H26N4O. The van der Waals surface area contributed by atoms with Crippen LogP contribution in [-0.4, -0.2) is 33.5 Å². The van der Waals surface area contributed by atoms with E-state index in [1.165, 1.54) is 12.8 Å². The summed E-state index contributed by atoms with van der Waals surface area (Å²) in [6.45, 7) is 8.62. The third kappa shape index (κ3) is 4.81. The molecule has 0 radical (unpaired) electrons. The molecule has 0 aliphatic rings. The summed E-state index contributed by atoms with van der Waals surface area (Å²) >= 11 is 0. The van der Waals surface area contributed by atoms with Gasteiger partial charge >= 0.3 is 0 Å². The Kier molecular flexibility index (Phi) is 7.01. The van der Waals surface area contributed by atoms with Gasteiger partial charge in [0.2, 0.25) is 0 Å². The lowest BCUT2D eigenvalue weighted by Gasteiger charge is -2.28. The standard InChI is InChI=1S/C15H26N4O/c1-4-6-9-19(12(3)5-2)11-13-7-8-17-14(10-13)15(16)18-20/h7-8,10,12,20H,4-6,9,11H2,1-3H3,(H2,16,18). The van der Waals surface area contributed by atoms with Gasteiger partial charge in [-0.15, -0.1) is 0 Å². The summed E-state index contributed by atoms with van der Waals surface area (Å²) in [4.78, 5) is 6.58. The molecule has 0 spiro atoms. The van der Waals surface area contributed by atoms with Gasteiger partial charge in [-0.25, -0.2) is 0 Å². The molecule has 0 aliphatic carbocycles. The van der Waals surface area contributed by atoms with E-state index in [4.69, 9.17) is 10.9 Å². The molecule has 0 amide bonds. The number of oxime groups is 1. The maximum absolute atomic E-state index is 8.72.